The minimum Gasteiger partial charge on any atom is -0.383 e. The van der Waals surface area contributed by atoms with Crippen molar-refractivity contribution in [3.05, 3.63) is 56.5 Å². The number of methoxy groups -OCH3 is 1. The van der Waals surface area contributed by atoms with Crippen LogP contribution in [0.2, 0.25) is 10.0 Å². The van der Waals surface area contributed by atoms with Gasteiger partial charge in [-0.3, -0.25) is 4.79 Å². The quantitative estimate of drug-likeness (QED) is 0.580. The number of thiophene rings is 1. The second-order valence-electron chi connectivity index (χ2n) is 5.23. The highest BCUT2D eigenvalue weighted by atomic mass is 35.5. The molecule has 0 aliphatic carbocycles. The van der Waals surface area contributed by atoms with Crippen LogP contribution in [0.3, 0.4) is 0 Å². The molecular formula is C17H15Cl2NO2S. The highest BCUT2D eigenvalue weighted by molar-refractivity contribution is 7.20. The third kappa shape index (κ3) is 3.04. The van der Waals surface area contributed by atoms with Crippen LogP contribution in [0, 0.1) is 6.92 Å². The topological polar surface area (TPSA) is 31.2 Å². The Morgan fingerprint density at radius 2 is 2.09 bits per heavy atom. The van der Waals surface area contributed by atoms with Crippen molar-refractivity contribution in [3.8, 4) is 0 Å². The maximum Gasteiger partial charge on any atom is 0.204 e. The molecule has 0 saturated heterocycles. The van der Waals surface area contributed by atoms with Crippen molar-refractivity contribution in [1.82, 2.24) is 4.57 Å². The number of aryl methyl sites for hydroxylation is 1. The van der Waals surface area contributed by atoms with Gasteiger partial charge in [-0.15, -0.1) is 11.3 Å². The van der Waals surface area contributed by atoms with Gasteiger partial charge in [0.05, 0.1) is 21.5 Å². The van der Waals surface area contributed by atoms with Gasteiger partial charge in [-0.1, -0.05) is 29.3 Å². The first-order chi connectivity index (χ1) is 11.0. The van der Waals surface area contributed by atoms with Crippen LogP contribution in [0.15, 0.2) is 30.3 Å². The third-order valence-electron chi connectivity index (χ3n) is 3.71. The molecule has 0 spiro atoms. The van der Waals surface area contributed by atoms with Crippen LogP contribution in [-0.2, 0) is 11.3 Å². The van der Waals surface area contributed by atoms with Crippen LogP contribution < -0.4 is 0 Å². The number of carbonyl (C=O) groups excluding carboxylic acids is 1. The second-order valence-corrected chi connectivity index (χ2v) is 7.05. The SMILES string of the molecule is COCCn1c(C)cc2cc(C(=O)c3cccc(Cl)c3Cl)sc21. The Kier molecular flexibility index (Phi) is 4.78. The number of benzene rings is 1. The minimum atomic E-state index is -0.102. The summed E-state index contributed by atoms with van der Waals surface area (Å²) < 4.78 is 7.32. The van der Waals surface area contributed by atoms with Gasteiger partial charge in [-0.25, -0.2) is 0 Å². The highest BCUT2D eigenvalue weighted by Gasteiger charge is 2.19. The molecular weight excluding hydrogens is 353 g/mol. The molecule has 0 saturated carbocycles. The lowest BCUT2D eigenvalue weighted by molar-refractivity contribution is 0.104. The van der Waals surface area contributed by atoms with Crippen LogP contribution in [0.5, 0.6) is 0 Å². The van der Waals surface area contributed by atoms with Gasteiger partial charge in [0.15, 0.2) is 0 Å². The molecule has 2 aromatic heterocycles. The Morgan fingerprint density at radius 1 is 1.30 bits per heavy atom. The molecule has 0 unspecified atom stereocenters. The van der Waals surface area contributed by atoms with Gasteiger partial charge in [0.25, 0.3) is 0 Å². The number of aromatic nitrogens is 1. The molecule has 0 atom stereocenters. The predicted molar refractivity (Wildman–Crippen MR) is 96.3 cm³/mol. The molecule has 120 valence electrons. The lowest BCUT2D eigenvalue weighted by Crippen LogP contribution is -2.04. The molecule has 0 fully saturated rings. The van der Waals surface area contributed by atoms with E-state index in [1.54, 1.807) is 25.3 Å². The van der Waals surface area contributed by atoms with Crippen LogP contribution in [-0.4, -0.2) is 24.1 Å². The Balaban J connectivity index is 2.02. The summed E-state index contributed by atoms with van der Waals surface area (Å²) in [5.41, 5.74) is 1.59. The summed E-state index contributed by atoms with van der Waals surface area (Å²) in [6, 6.07) is 9.10. The number of halogens is 2. The zero-order valence-corrected chi connectivity index (χ0v) is 15.1. The van der Waals surface area contributed by atoms with Gasteiger partial charge in [-0.2, -0.15) is 0 Å². The largest absolute Gasteiger partial charge is 0.383 e. The molecule has 0 aliphatic heterocycles. The molecule has 3 aromatic rings. The van der Waals surface area contributed by atoms with Gasteiger partial charge in [0, 0.05) is 30.3 Å². The number of hydrogen-bond acceptors (Lipinski definition) is 3. The van der Waals surface area contributed by atoms with Crippen molar-refractivity contribution in [1.29, 1.82) is 0 Å². The van der Waals surface area contributed by atoms with E-state index in [0.717, 1.165) is 22.5 Å². The van der Waals surface area contributed by atoms with E-state index in [1.807, 2.05) is 6.07 Å². The number of carbonyl (C=O) groups is 1. The van der Waals surface area contributed by atoms with E-state index in [0.29, 0.717) is 27.1 Å². The van der Waals surface area contributed by atoms with Crippen LogP contribution in [0.1, 0.15) is 20.9 Å². The van der Waals surface area contributed by atoms with Gasteiger partial charge in [0.2, 0.25) is 5.78 Å². The summed E-state index contributed by atoms with van der Waals surface area (Å²) in [5, 5.41) is 1.75. The van der Waals surface area contributed by atoms with Crippen molar-refractivity contribution >= 4 is 50.5 Å². The third-order valence-corrected chi connectivity index (χ3v) is 5.71. The molecule has 0 amide bonds. The van der Waals surface area contributed by atoms with Crippen LogP contribution in [0.4, 0.5) is 0 Å². The molecule has 0 bridgehead atoms. The maximum atomic E-state index is 12.7. The van der Waals surface area contributed by atoms with E-state index in [4.69, 9.17) is 27.9 Å². The van der Waals surface area contributed by atoms with Gasteiger partial charge >= 0.3 is 0 Å². The number of rotatable bonds is 5. The van der Waals surface area contributed by atoms with Crippen molar-refractivity contribution < 1.29 is 9.53 Å². The number of ketones is 1. The Labute approximate surface area is 148 Å². The smallest absolute Gasteiger partial charge is 0.204 e. The van der Waals surface area contributed by atoms with Crippen molar-refractivity contribution in [2.45, 2.75) is 13.5 Å². The number of fused-ring (bicyclic) bond motifs is 1. The predicted octanol–water partition coefficient (Wildman–Crippen LogP) is 5.20. The number of hydrogen-bond donors (Lipinski definition) is 0. The fourth-order valence-corrected chi connectivity index (χ4v) is 4.12. The standard InChI is InChI=1S/C17H15Cl2NO2S/c1-10-8-11-9-14(23-17(11)20(10)6-7-22-2)16(21)12-4-3-5-13(18)15(12)19/h3-5,8-9H,6-7H2,1-2H3. The molecule has 0 radical (unpaired) electrons. The first-order valence-electron chi connectivity index (χ1n) is 7.10. The fourth-order valence-electron chi connectivity index (χ4n) is 2.56. The van der Waals surface area contributed by atoms with Crippen molar-refractivity contribution in [2.24, 2.45) is 0 Å². The zero-order chi connectivity index (χ0) is 16.6. The van der Waals surface area contributed by atoms with E-state index < -0.39 is 0 Å². The van der Waals surface area contributed by atoms with E-state index in [1.165, 1.54) is 11.3 Å². The monoisotopic (exact) mass is 367 g/mol. The van der Waals surface area contributed by atoms with Gasteiger partial charge in [0.1, 0.15) is 4.83 Å². The molecule has 3 nitrogen and oxygen atoms in total. The molecule has 23 heavy (non-hydrogen) atoms. The molecule has 1 aromatic carbocycles. The Morgan fingerprint density at radius 3 is 2.83 bits per heavy atom. The van der Waals surface area contributed by atoms with E-state index >= 15 is 0 Å². The van der Waals surface area contributed by atoms with Crippen LogP contribution >= 0.6 is 34.5 Å². The first-order valence-corrected chi connectivity index (χ1v) is 8.67. The summed E-state index contributed by atoms with van der Waals surface area (Å²) in [6.45, 7) is 3.45. The highest BCUT2D eigenvalue weighted by Crippen LogP contribution is 2.33. The second kappa shape index (κ2) is 6.65. The van der Waals surface area contributed by atoms with Crippen LogP contribution in [0.25, 0.3) is 10.2 Å². The fraction of sp³-hybridized carbons (Fsp3) is 0.235. The normalized spacial score (nSPS) is 11.3. The van der Waals surface area contributed by atoms with Crippen molar-refractivity contribution in [2.75, 3.05) is 13.7 Å². The van der Waals surface area contributed by atoms with E-state index in [-0.39, 0.29) is 5.78 Å². The summed E-state index contributed by atoms with van der Waals surface area (Å²) >= 11 is 13.6. The molecule has 0 aliphatic rings. The summed E-state index contributed by atoms with van der Waals surface area (Å²) in [5.74, 6) is -0.102. The number of ether oxygens (including phenoxy) is 1. The Bertz CT molecular complexity index is 882. The van der Waals surface area contributed by atoms with Gasteiger partial charge in [-0.05, 0) is 31.2 Å². The average Bonchev–Trinajstić information content (AvgIpc) is 3.05. The molecule has 6 heteroatoms. The minimum absolute atomic E-state index is 0.102. The molecule has 0 N–H and O–H groups in total. The molecule has 3 rings (SSSR count). The van der Waals surface area contributed by atoms with E-state index in [9.17, 15) is 4.79 Å². The van der Waals surface area contributed by atoms with E-state index in [2.05, 4.69) is 17.6 Å². The van der Waals surface area contributed by atoms with Gasteiger partial charge < -0.3 is 9.30 Å². The average molecular weight is 368 g/mol. The summed E-state index contributed by atoms with van der Waals surface area (Å²) in [7, 11) is 1.68. The maximum absolute atomic E-state index is 12.7. The Hall–Kier alpha value is -1.33. The lowest BCUT2D eigenvalue weighted by Gasteiger charge is -2.06. The number of nitrogens with zero attached hydrogens (tertiary/aromatic N) is 1. The summed E-state index contributed by atoms with van der Waals surface area (Å²) in [6.07, 6.45) is 0. The van der Waals surface area contributed by atoms with Crippen molar-refractivity contribution in [3.63, 3.8) is 0 Å². The first kappa shape index (κ1) is 16.5. The molecule has 2 heterocycles. The summed E-state index contributed by atoms with van der Waals surface area (Å²) in [4.78, 5) is 14.5. The lowest BCUT2D eigenvalue weighted by atomic mass is 10.1. The zero-order valence-electron chi connectivity index (χ0n) is 12.7.